The Bertz CT molecular complexity index is 1620. The van der Waals surface area contributed by atoms with E-state index in [1.54, 1.807) is 6.92 Å². The number of amides is 1. The summed E-state index contributed by atoms with van der Waals surface area (Å²) in [6, 6.07) is 9.72. The summed E-state index contributed by atoms with van der Waals surface area (Å²) in [5.74, 6) is -3.30. The van der Waals surface area contributed by atoms with Gasteiger partial charge in [0.25, 0.3) is 11.5 Å². The molecule has 0 atom stereocenters. The summed E-state index contributed by atoms with van der Waals surface area (Å²) in [4.78, 5) is 32.3. The molecule has 0 spiro atoms. The number of hydrogen-bond donors (Lipinski definition) is 2. The summed E-state index contributed by atoms with van der Waals surface area (Å²) in [5.41, 5.74) is 0.505. The van der Waals surface area contributed by atoms with Crippen LogP contribution < -0.4 is 10.9 Å². The fraction of sp³-hybridized carbons (Fsp3) is 0.0455. The Kier molecular flexibility index (Phi) is 4.97. The van der Waals surface area contributed by atoms with Gasteiger partial charge in [-0.3, -0.25) is 14.6 Å². The number of aromatic amines is 1. The van der Waals surface area contributed by atoms with Crippen LogP contribution in [-0.4, -0.2) is 35.4 Å². The van der Waals surface area contributed by atoms with E-state index in [4.69, 9.17) is 0 Å². The number of aromatic nitrogens is 6. The van der Waals surface area contributed by atoms with Gasteiger partial charge in [0.05, 0.1) is 17.6 Å². The van der Waals surface area contributed by atoms with Gasteiger partial charge in [0.2, 0.25) is 5.95 Å². The van der Waals surface area contributed by atoms with E-state index < -0.39 is 28.9 Å². The van der Waals surface area contributed by atoms with Crippen molar-refractivity contribution in [1.29, 1.82) is 0 Å². The van der Waals surface area contributed by atoms with E-state index in [1.807, 2.05) is 0 Å². The van der Waals surface area contributed by atoms with Crippen LogP contribution in [0.4, 0.5) is 19.0 Å². The predicted molar refractivity (Wildman–Crippen MR) is 116 cm³/mol. The second kappa shape index (κ2) is 7.99. The maximum atomic E-state index is 13.5. The highest BCUT2D eigenvalue weighted by Crippen LogP contribution is 2.19. The van der Waals surface area contributed by atoms with Crippen molar-refractivity contribution < 1.29 is 18.0 Å². The predicted octanol–water partition coefficient (Wildman–Crippen LogP) is 3.27. The zero-order valence-corrected chi connectivity index (χ0v) is 17.4. The van der Waals surface area contributed by atoms with Crippen molar-refractivity contribution in [2.75, 3.05) is 5.32 Å². The van der Waals surface area contributed by atoms with Crippen LogP contribution in [0.2, 0.25) is 0 Å². The molecule has 5 aromatic rings. The summed E-state index contributed by atoms with van der Waals surface area (Å²) in [6.45, 7) is 1.66. The molecule has 0 aliphatic carbocycles. The molecule has 12 heteroatoms. The summed E-state index contributed by atoms with van der Waals surface area (Å²) < 4.78 is 42.6. The molecule has 3 aromatic heterocycles. The summed E-state index contributed by atoms with van der Waals surface area (Å²) >= 11 is 0. The first-order valence-corrected chi connectivity index (χ1v) is 9.87. The van der Waals surface area contributed by atoms with Crippen LogP contribution in [0.3, 0.4) is 0 Å². The SMILES string of the molecule is Cc1cc(NC(=O)c2ccc(F)c(F)c2)n(-c2nc3c(cnn3-c3ccc(F)cc3)c(=O)[nH]2)n1. The molecule has 0 bridgehead atoms. The zero-order chi connectivity index (χ0) is 24.0. The van der Waals surface area contributed by atoms with Gasteiger partial charge < -0.3 is 5.32 Å². The smallest absolute Gasteiger partial charge is 0.263 e. The highest BCUT2D eigenvalue weighted by molar-refractivity contribution is 6.04. The maximum absolute atomic E-state index is 13.5. The van der Waals surface area contributed by atoms with Crippen molar-refractivity contribution in [3.63, 3.8) is 0 Å². The Morgan fingerprint density at radius 1 is 1.00 bits per heavy atom. The van der Waals surface area contributed by atoms with Crippen LogP contribution in [0.5, 0.6) is 0 Å². The van der Waals surface area contributed by atoms with Crippen molar-refractivity contribution >= 4 is 22.8 Å². The lowest BCUT2D eigenvalue weighted by Gasteiger charge is -2.09. The molecule has 0 aliphatic heterocycles. The monoisotopic (exact) mass is 465 g/mol. The molecule has 9 nitrogen and oxygen atoms in total. The first kappa shape index (κ1) is 21.1. The molecule has 170 valence electrons. The molecule has 0 aliphatic rings. The standard InChI is InChI=1S/C22H14F3N7O2/c1-11-8-18(27-20(33)12-2-7-16(24)17(25)9-12)32(30-11)22-28-19-15(21(34)29-22)10-26-31(19)14-5-3-13(23)4-6-14/h2-10H,1H3,(H,27,33)(H,28,29,34). The molecule has 3 heterocycles. The van der Waals surface area contributed by atoms with Crippen LogP contribution in [-0.2, 0) is 0 Å². The minimum absolute atomic E-state index is 0.0324. The van der Waals surface area contributed by atoms with Gasteiger partial charge >= 0.3 is 0 Å². The summed E-state index contributed by atoms with van der Waals surface area (Å²) in [6.07, 6.45) is 1.33. The lowest BCUT2D eigenvalue weighted by molar-refractivity contribution is 0.102. The zero-order valence-electron chi connectivity index (χ0n) is 17.4. The molecule has 2 aromatic carbocycles. The van der Waals surface area contributed by atoms with Crippen molar-refractivity contribution in [2.45, 2.75) is 6.92 Å². The number of aryl methyl sites for hydroxylation is 1. The van der Waals surface area contributed by atoms with E-state index in [-0.39, 0.29) is 28.4 Å². The van der Waals surface area contributed by atoms with Crippen LogP contribution in [0.1, 0.15) is 16.1 Å². The molecule has 2 N–H and O–H groups in total. The molecular formula is C22H14F3N7O2. The molecule has 5 rings (SSSR count). The maximum Gasteiger partial charge on any atom is 0.263 e. The van der Waals surface area contributed by atoms with E-state index in [9.17, 15) is 22.8 Å². The molecule has 0 radical (unpaired) electrons. The number of fused-ring (bicyclic) bond motifs is 1. The Morgan fingerprint density at radius 3 is 2.50 bits per heavy atom. The lowest BCUT2D eigenvalue weighted by atomic mass is 10.2. The number of halogens is 3. The van der Waals surface area contributed by atoms with Gasteiger partial charge in [-0.1, -0.05) is 0 Å². The average Bonchev–Trinajstić information content (AvgIpc) is 3.39. The van der Waals surface area contributed by atoms with Crippen LogP contribution in [0, 0.1) is 24.4 Å². The van der Waals surface area contributed by atoms with Crippen LogP contribution >= 0.6 is 0 Å². The number of carbonyl (C=O) groups is 1. The highest BCUT2D eigenvalue weighted by Gasteiger charge is 2.18. The van der Waals surface area contributed by atoms with Crippen LogP contribution in [0.15, 0.2) is 59.5 Å². The molecule has 0 fully saturated rings. The largest absolute Gasteiger partial charge is 0.306 e. The minimum Gasteiger partial charge on any atom is -0.306 e. The Balaban J connectivity index is 1.57. The van der Waals surface area contributed by atoms with Gasteiger partial charge in [-0.05, 0) is 49.4 Å². The second-order valence-corrected chi connectivity index (χ2v) is 7.33. The van der Waals surface area contributed by atoms with E-state index in [0.717, 1.165) is 18.2 Å². The molecule has 1 amide bonds. The van der Waals surface area contributed by atoms with Crippen molar-refractivity contribution in [2.24, 2.45) is 0 Å². The van der Waals surface area contributed by atoms with Crippen molar-refractivity contribution in [1.82, 2.24) is 29.5 Å². The van der Waals surface area contributed by atoms with Crippen LogP contribution in [0.25, 0.3) is 22.7 Å². The summed E-state index contributed by atoms with van der Waals surface area (Å²) in [7, 11) is 0. The first-order chi connectivity index (χ1) is 16.3. The Morgan fingerprint density at radius 2 is 1.76 bits per heavy atom. The number of H-pyrrole nitrogens is 1. The normalized spacial score (nSPS) is 11.2. The molecule has 34 heavy (non-hydrogen) atoms. The average molecular weight is 465 g/mol. The van der Waals surface area contributed by atoms with E-state index in [0.29, 0.717) is 11.4 Å². The molecule has 0 saturated carbocycles. The van der Waals surface area contributed by atoms with Crippen molar-refractivity contribution in [3.05, 3.63) is 93.8 Å². The third kappa shape index (κ3) is 3.70. The number of anilines is 1. The number of carbonyl (C=O) groups excluding carboxylic acids is 1. The number of rotatable bonds is 4. The van der Waals surface area contributed by atoms with E-state index >= 15 is 0 Å². The second-order valence-electron chi connectivity index (χ2n) is 7.33. The molecule has 0 saturated heterocycles. The van der Waals surface area contributed by atoms with Gasteiger partial charge in [0.15, 0.2) is 17.3 Å². The number of hydrogen-bond acceptors (Lipinski definition) is 5. The van der Waals surface area contributed by atoms with E-state index in [2.05, 4.69) is 25.5 Å². The van der Waals surface area contributed by atoms with Gasteiger partial charge in [-0.2, -0.15) is 19.9 Å². The number of nitrogens with one attached hydrogen (secondary N) is 2. The molecule has 0 unspecified atom stereocenters. The summed E-state index contributed by atoms with van der Waals surface area (Å²) in [5, 5.41) is 11.2. The molecular weight excluding hydrogens is 451 g/mol. The van der Waals surface area contributed by atoms with Gasteiger partial charge in [-0.25, -0.2) is 17.9 Å². The van der Waals surface area contributed by atoms with Crippen molar-refractivity contribution in [3.8, 4) is 11.6 Å². The van der Waals surface area contributed by atoms with Gasteiger partial charge in [-0.15, -0.1) is 0 Å². The first-order valence-electron chi connectivity index (χ1n) is 9.87. The Hall–Kier alpha value is -4.74. The third-order valence-electron chi connectivity index (χ3n) is 4.95. The quantitative estimate of drug-likeness (QED) is 0.423. The van der Waals surface area contributed by atoms with E-state index in [1.165, 1.54) is 45.9 Å². The Labute approximate surface area is 188 Å². The fourth-order valence-electron chi connectivity index (χ4n) is 3.35. The topological polar surface area (TPSA) is 110 Å². The van der Waals surface area contributed by atoms with Gasteiger partial charge in [0, 0.05) is 11.6 Å². The lowest BCUT2D eigenvalue weighted by Crippen LogP contribution is -2.19. The fourth-order valence-corrected chi connectivity index (χ4v) is 3.35. The number of benzene rings is 2. The van der Waals surface area contributed by atoms with Gasteiger partial charge in [0.1, 0.15) is 17.0 Å². The number of nitrogens with zero attached hydrogens (tertiary/aromatic N) is 5. The highest BCUT2D eigenvalue weighted by atomic mass is 19.2. The third-order valence-corrected chi connectivity index (χ3v) is 4.95. The minimum atomic E-state index is -1.16.